The van der Waals surface area contributed by atoms with Gasteiger partial charge in [-0.2, -0.15) is 15.0 Å². The minimum atomic E-state index is -0.406. The van der Waals surface area contributed by atoms with E-state index in [4.69, 9.17) is 4.74 Å². The van der Waals surface area contributed by atoms with E-state index in [2.05, 4.69) is 30.3 Å². The Bertz CT molecular complexity index is 425. The first kappa shape index (κ1) is 14.9. The Morgan fingerprint density at radius 1 is 1.21 bits per heavy atom. The summed E-state index contributed by atoms with van der Waals surface area (Å²) in [7, 11) is 1.31. The normalized spacial score (nSPS) is 10.2. The monoisotopic (exact) mass is 269 g/mol. The summed E-state index contributed by atoms with van der Waals surface area (Å²) in [6.07, 6.45) is -0.0506. The molecule has 0 amide bonds. The largest absolute Gasteiger partial charge is 0.468 e. The molecule has 1 aromatic rings. The fourth-order valence-corrected chi connectivity index (χ4v) is 1.16. The van der Waals surface area contributed by atoms with Gasteiger partial charge in [-0.15, -0.1) is 0 Å². The molecule has 1 aromatic heterocycles. The van der Waals surface area contributed by atoms with Crippen LogP contribution in [-0.4, -0.2) is 47.2 Å². The molecule has 106 valence electrons. The number of carbonyl (C=O) groups excluding carboxylic acids is 1. The van der Waals surface area contributed by atoms with E-state index in [1.807, 2.05) is 20.8 Å². The Hall–Kier alpha value is -2.12. The number of esters is 1. The molecule has 8 nitrogen and oxygen atoms in total. The molecule has 8 heteroatoms. The number of nitrogens with zero attached hydrogens (tertiary/aromatic N) is 3. The van der Waals surface area contributed by atoms with Gasteiger partial charge in [-0.05, 0) is 20.8 Å². The fraction of sp³-hybridized carbons (Fsp3) is 0.636. The van der Waals surface area contributed by atoms with Crippen molar-refractivity contribution in [2.75, 3.05) is 30.8 Å². The Balaban J connectivity index is 2.82. The van der Waals surface area contributed by atoms with Crippen LogP contribution in [0.5, 0.6) is 6.01 Å². The topological polar surface area (TPSA) is 98.3 Å². The lowest BCUT2D eigenvalue weighted by atomic mass is 10.5. The number of hydrogen-bond acceptors (Lipinski definition) is 8. The fourth-order valence-electron chi connectivity index (χ4n) is 1.16. The number of methoxy groups -OCH3 is 1. The Morgan fingerprint density at radius 2 is 1.84 bits per heavy atom. The smallest absolute Gasteiger partial charge is 0.325 e. The second kappa shape index (κ2) is 7.34. The summed E-state index contributed by atoms with van der Waals surface area (Å²) in [5, 5.41) is 5.72. The average molecular weight is 269 g/mol. The number of ether oxygens (including phenoxy) is 2. The molecule has 0 atom stereocenters. The molecule has 0 radical (unpaired) electrons. The van der Waals surface area contributed by atoms with Crippen LogP contribution in [0.3, 0.4) is 0 Å². The molecule has 0 aliphatic carbocycles. The first-order valence-corrected chi connectivity index (χ1v) is 6.02. The number of nitrogens with one attached hydrogen (secondary N) is 2. The number of aromatic nitrogens is 3. The zero-order valence-corrected chi connectivity index (χ0v) is 11.6. The van der Waals surface area contributed by atoms with Crippen molar-refractivity contribution in [3.63, 3.8) is 0 Å². The highest BCUT2D eigenvalue weighted by Crippen LogP contribution is 2.12. The maximum atomic E-state index is 11.1. The molecular weight excluding hydrogens is 250 g/mol. The molecule has 0 aromatic carbocycles. The summed E-state index contributed by atoms with van der Waals surface area (Å²) in [6.45, 7) is 6.32. The van der Waals surface area contributed by atoms with Crippen LogP contribution < -0.4 is 15.4 Å². The van der Waals surface area contributed by atoms with Crippen molar-refractivity contribution in [1.82, 2.24) is 15.0 Å². The lowest BCUT2D eigenvalue weighted by molar-refractivity contribution is -0.138. The highest BCUT2D eigenvalue weighted by molar-refractivity contribution is 5.74. The first-order valence-electron chi connectivity index (χ1n) is 6.02. The summed E-state index contributed by atoms with van der Waals surface area (Å²) in [5.74, 6) is 0.240. The molecule has 1 rings (SSSR count). The Morgan fingerprint density at radius 3 is 2.37 bits per heavy atom. The van der Waals surface area contributed by atoms with Gasteiger partial charge in [0.15, 0.2) is 0 Å². The second-order valence-corrected chi connectivity index (χ2v) is 3.89. The third kappa shape index (κ3) is 5.36. The van der Waals surface area contributed by atoms with Gasteiger partial charge in [0.1, 0.15) is 6.54 Å². The molecule has 0 fully saturated rings. The van der Waals surface area contributed by atoms with Gasteiger partial charge < -0.3 is 20.1 Å². The predicted octanol–water partition coefficient (Wildman–Crippen LogP) is 0.675. The third-order valence-electron chi connectivity index (χ3n) is 1.91. The standard InChI is InChI=1S/C11H19N5O3/c1-5-12-9-14-10(13-6-8(17)18-4)16-11(15-9)19-7(2)3/h7H,5-6H2,1-4H3,(H2,12,13,14,15,16). The number of hydrogen-bond donors (Lipinski definition) is 2. The predicted molar refractivity (Wildman–Crippen MR) is 70.3 cm³/mol. The highest BCUT2D eigenvalue weighted by Gasteiger charge is 2.09. The van der Waals surface area contributed by atoms with Gasteiger partial charge in [0.05, 0.1) is 13.2 Å². The van der Waals surface area contributed by atoms with Crippen LogP contribution in [0.25, 0.3) is 0 Å². The Kier molecular flexibility index (Phi) is 5.77. The minimum absolute atomic E-state index is 0.0206. The lowest BCUT2D eigenvalue weighted by Crippen LogP contribution is -2.18. The van der Waals surface area contributed by atoms with Crippen LogP contribution in [0.4, 0.5) is 11.9 Å². The van der Waals surface area contributed by atoms with E-state index in [0.717, 1.165) is 0 Å². The average Bonchev–Trinajstić information content (AvgIpc) is 2.35. The first-order chi connectivity index (χ1) is 9.05. The summed E-state index contributed by atoms with van der Waals surface area (Å²) in [5.41, 5.74) is 0. The molecule has 1 heterocycles. The van der Waals surface area contributed by atoms with Crippen LogP contribution in [-0.2, 0) is 9.53 Å². The van der Waals surface area contributed by atoms with Crippen LogP contribution in [0, 0.1) is 0 Å². The van der Waals surface area contributed by atoms with Gasteiger partial charge >= 0.3 is 12.0 Å². The van der Waals surface area contributed by atoms with Gasteiger partial charge in [-0.3, -0.25) is 4.79 Å². The molecular formula is C11H19N5O3. The van der Waals surface area contributed by atoms with Crippen molar-refractivity contribution in [3.8, 4) is 6.01 Å². The van der Waals surface area contributed by atoms with E-state index < -0.39 is 5.97 Å². The minimum Gasteiger partial charge on any atom is -0.468 e. The third-order valence-corrected chi connectivity index (χ3v) is 1.91. The van der Waals surface area contributed by atoms with Crippen LogP contribution in [0.1, 0.15) is 20.8 Å². The number of carbonyl (C=O) groups is 1. The molecule has 19 heavy (non-hydrogen) atoms. The maximum absolute atomic E-state index is 11.1. The number of anilines is 2. The quantitative estimate of drug-likeness (QED) is 0.697. The number of rotatable bonds is 7. The summed E-state index contributed by atoms with van der Waals surface area (Å²) < 4.78 is 9.94. The van der Waals surface area contributed by atoms with E-state index in [1.165, 1.54) is 7.11 Å². The maximum Gasteiger partial charge on any atom is 0.325 e. The van der Waals surface area contributed by atoms with Crippen molar-refractivity contribution in [2.45, 2.75) is 26.9 Å². The van der Waals surface area contributed by atoms with Crippen molar-refractivity contribution in [3.05, 3.63) is 0 Å². The van der Waals surface area contributed by atoms with Gasteiger partial charge in [-0.1, -0.05) is 0 Å². The molecule has 0 saturated carbocycles. The second-order valence-electron chi connectivity index (χ2n) is 3.89. The molecule has 0 unspecified atom stereocenters. The van der Waals surface area contributed by atoms with Crippen LogP contribution in [0.15, 0.2) is 0 Å². The Labute approximate surface area is 111 Å². The van der Waals surface area contributed by atoms with Crippen molar-refractivity contribution < 1.29 is 14.3 Å². The molecule has 2 N–H and O–H groups in total. The lowest BCUT2D eigenvalue weighted by Gasteiger charge is -2.11. The summed E-state index contributed by atoms with van der Waals surface area (Å²) in [4.78, 5) is 23.3. The molecule has 0 spiro atoms. The van der Waals surface area contributed by atoms with Crippen molar-refractivity contribution >= 4 is 17.9 Å². The van der Waals surface area contributed by atoms with Crippen molar-refractivity contribution in [1.29, 1.82) is 0 Å². The molecule has 0 aliphatic rings. The molecule has 0 bridgehead atoms. The van der Waals surface area contributed by atoms with E-state index >= 15 is 0 Å². The molecule has 0 aliphatic heterocycles. The van der Waals surface area contributed by atoms with E-state index in [9.17, 15) is 4.79 Å². The SMILES string of the molecule is CCNc1nc(NCC(=O)OC)nc(OC(C)C)n1. The zero-order chi connectivity index (χ0) is 14.3. The van der Waals surface area contributed by atoms with Crippen LogP contribution >= 0.6 is 0 Å². The highest BCUT2D eigenvalue weighted by atomic mass is 16.5. The summed E-state index contributed by atoms with van der Waals surface area (Å²) >= 11 is 0. The van der Waals surface area contributed by atoms with E-state index in [0.29, 0.717) is 12.5 Å². The van der Waals surface area contributed by atoms with Crippen LogP contribution in [0.2, 0.25) is 0 Å². The summed E-state index contributed by atoms with van der Waals surface area (Å²) in [6, 6.07) is 0.202. The van der Waals surface area contributed by atoms with Gasteiger partial charge in [0.25, 0.3) is 0 Å². The van der Waals surface area contributed by atoms with E-state index in [1.54, 1.807) is 0 Å². The van der Waals surface area contributed by atoms with Gasteiger partial charge in [0, 0.05) is 6.54 Å². The zero-order valence-electron chi connectivity index (χ0n) is 11.6. The molecule has 0 saturated heterocycles. The van der Waals surface area contributed by atoms with Crippen molar-refractivity contribution in [2.24, 2.45) is 0 Å². The van der Waals surface area contributed by atoms with Gasteiger partial charge in [0.2, 0.25) is 11.9 Å². The van der Waals surface area contributed by atoms with Gasteiger partial charge in [-0.25, -0.2) is 0 Å². The van der Waals surface area contributed by atoms with E-state index in [-0.39, 0.29) is 24.6 Å².